The molecule has 1 saturated heterocycles. The fourth-order valence-electron chi connectivity index (χ4n) is 5.14. The Morgan fingerprint density at radius 2 is 1.84 bits per heavy atom. The van der Waals surface area contributed by atoms with Gasteiger partial charge in [-0.05, 0) is 94.2 Å². The highest BCUT2D eigenvalue weighted by molar-refractivity contribution is 6.30. The van der Waals surface area contributed by atoms with Gasteiger partial charge in [0.15, 0.2) is 6.23 Å². The normalized spacial score (nSPS) is 19.5. The fraction of sp³-hybridized carbons (Fsp3) is 0.400. The number of aromatic nitrogens is 1. The van der Waals surface area contributed by atoms with Crippen molar-refractivity contribution >= 4 is 17.5 Å². The predicted molar refractivity (Wildman–Crippen MR) is 146 cm³/mol. The number of piperidine rings is 1. The van der Waals surface area contributed by atoms with E-state index in [4.69, 9.17) is 16.3 Å². The lowest BCUT2D eigenvalue weighted by atomic mass is 9.77. The summed E-state index contributed by atoms with van der Waals surface area (Å²) in [6.45, 7) is 5.66. The topological polar surface area (TPSA) is 65.9 Å². The predicted octanol–water partition coefficient (Wildman–Crippen LogP) is 5.72. The maximum absolute atomic E-state index is 15.3. The Bertz CT molecular complexity index is 1250. The van der Waals surface area contributed by atoms with Crippen LogP contribution in [0, 0.1) is 18.7 Å². The Morgan fingerprint density at radius 1 is 1.16 bits per heavy atom. The first kappa shape index (κ1) is 28.2. The molecule has 2 atom stereocenters. The Kier molecular flexibility index (Phi) is 8.83. The molecule has 0 bridgehead atoms. The van der Waals surface area contributed by atoms with Crippen LogP contribution < -0.4 is 0 Å². The van der Waals surface area contributed by atoms with Crippen molar-refractivity contribution in [3.05, 3.63) is 99.6 Å². The highest BCUT2D eigenvalue weighted by Gasteiger charge is 2.43. The number of nitrogens with zero attached hydrogens (tertiary/aromatic N) is 3. The minimum Gasteiger partial charge on any atom is -0.385 e. The number of carbonyl (C=O) groups is 1. The third-order valence-electron chi connectivity index (χ3n) is 7.51. The molecule has 5 rings (SSSR count). The number of hydrogen-bond acceptors (Lipinski definition) is 5. The fourth-order valence-corrected chi connectivity index (χ4v) is 5.29. The number of halogens is 2. The van der Waals surface area contributed by atoms with Gasteiger partial charge in [-0.3, -0.25) is 9.78 Å². The van der Waals surface area contributed by atoms with E-state index in [0.29, 0.717) is 11.3 Å². The van der Waals surface area contributed by atoms with Crippen LogP contribution in [-0.2, 0) is 16.9 Å². The molecule has 3 aromatic rings. The Hall–Kier alpha value is -2.84. The van der Waals surface area contributed by atoms with Crippen molar-refractivity contribution in [1.82, 2.24) is 14.8 Å². The van der Waals surface area contributed by atoms with E-state index in [1.807, 2.05) is 49.4 Å². The first-order valence-corrected chi connectivity index (χ1v) is 13.2. The van der Waals surface area contributed by atoms with Gasteiger partial charge in [-0.25, -0.2) is 4.39 Å². The summed E-state index contributed by atoms with van der Waals surface area (Å²) in [4.78, 5) is 21.3. The molecule has 0 saturated carbocycles. The number of carbonyl (C=O) groups excluding carboxylic acids is 1. The molecule has 0 radical (unpaired) electrons. The number of rotatable bonds is 5. The average Bonchev–Trinajstić information content (AvgIpc) is 3.17. The molecule has 1 amide bonds. The molecular formula is C30H35ClFN3O3. The van der Waals surface area contributed by atoms with Crippen LogP contribution in [0.4, 0.5) is 4.39 Å². The van der Waals surface area contributed by atoms with Crippen LogP contribution in [-0.4, -0.2) is 53.0 Å². The van der Waals surface area contributed by atoms with E-state index in [9.17, 15) is 9.90 Å². The van der Waals surface area contributed by atoms with E-state index in [2.05, 4.69) is 16.9 Å². The van der Waals surface area contributed by atoms with E-state index in [1.165, 1.54) is 18.1 Å². The molecule has 0 spiro atoms. The molecule has 2 aliphatic heterocycles. The molecule has 1 fully saturated rings. The van der Waals surface area contributed by atoms with Crippen molar-refractivity contribution in [1.29, 1.82) is 0 Å². The largest absolute Gasteiger partial charge is 0.385 e. The second-order valence-electron chi connectivity index (χ2n) is 10.3. The molecule has 2 aliphatic rings. The summed E-state index contributed by atoms with van der Waals surface area (Å²) in [6, 6.07) is 16.2. The minimum atomic E-state index is -1.22. The first-order chi connectivity index (χ1) is 18.1. The summed E-state index contributed by atoms with van der Waals surface area (Å²) in [5.41, 5.74) is 1.43. The quantitative estimate of drug-likeness (QED) is 0.449. The zero-order valence-corrected chi connectivity index (χ0v) is 23.1. The summed E-state index contributed by atoms with van der Waals surface area (Å²) in [6.07, 6.45) is 2.56. The number of likely N-dealkylation sites (tertiary alicyclic amines) is 1. The van der Waals surface area contributed by atoms with Gasteiger partial charge in [-0.2, -0.15) is 0 Å². The van der Waals surface area contributed by atoms with E-state index in [-0.39, 0.29) is 29.5 Å². The Labute approximate surface area is 229 Å². The molecule has 38 heavy (non-hydrogen) atoms. The molecule has 6 nitrogen and oxygen atoms in total. The molecular weight excluding hydrogens is 505 g/mol. The van der Waals surface area contributed by atoms with Gasteiger partial charge in [0.2, 0.25) is 0 Å². The van der Waals surface area contributed by atoms with Crippen LogP contribution in [0.2, 0.25) is 5.02 Å². The van der Waals surface area contributed by atoms with Crippen LogP contribution in [0.3, 0.4) is 0 Å². The molecule has 2 unspecified atom stereocenters. The van der Waals surface area contributed by atoms with Gasteiger partial charge in [0.25, 0.3) is 5.91 Å². The van der Waals surface area contributed by atoms with Crippen molar-refractivity contribution in [3.63, 3.8) is 0 Å². The molecule has 0 aliphatic carbocycles. The number of methoxy groups -OCH3 is 1. The molecule has 1 N–H and O–H groups in total. The SMILES string of the molecule is COC1c2c(F)cc(C(C)(O)C3CCN(C)CC3)cc2C(=O)N1Cc1ccc(C)cn1.Clc1ccccc1. The summed E-state index contributed by atoms with van der Waals surface area (Å²) in [7, 11) is 3.52. The van der Waals surface area contributed by atoms with Crippen molar-refractivity contribution in [3.8, 4) is 0 Å². The summed E-state index contributed by atoms with van der Waals surface area (Å²) >= 11 is 5.54. The lowest BCUT2D eigenvalue weighted by molar-refractivity contribution is -0.0307. The van der Waals surface area contributed by atoms with E-state index in [0.717, 1.165) is 36.5 Å². The van der Waals surface area contributed by atoms with Crippen molar-refractivity contribution in [2.75, 3.05) is 27.2 Å². The second kappa shape index (κ2) is 11.9. The maximum Gasteiger partial charge on any atom is 0.257 e. The lowest BCUT2D eigenvalue weighted by Crippen LogP contribution is -2.40. The third kappa shape index (κ3) is 6.07. The van der Waals surface area contributed by atoms with E-state index >= 15 is 4.39 Å². The van der Waals surface area contributed by atoms with Crippen LogP contribution >= 0.6 is 11.6 Å². The van der Waals surface area contributed by atoms with Crippen LogP contribution in [0.15, 0.2) is 60.8 Å². The minimum absolute atomic E-state index is 0.00346. The van der Waals surface area contributed by atoms with E-state index < -0.39 is 17.6 Å². The van der Waals surface area contributed by atoms with Gasteiger partial charge in [-0.15, -0.1) is 0 Å². The van der Waals surface area contributed by atoms with Crippen molar-refractivity contribution < 1.29 is 19.0 Å². The van der Waals surface area contributed by atoms with Gasteiger partial charge in [-0.1, -0.05) is 35.9 Å². The van der Waals surface area contributed by atoms with Crippen LogP contribution in [0.1, 0.15) is 58.7 Å². The van der Waals surface area contributed by atoms with Gasteiger partial charge < -0.3 is 19.6 Å². The van der Waals surface area contributed by atoms with Gasteiger partial charge in [0.05, 0.1) is 23.4 Å². The molecule has 1 aromatic heterocycles. The summed E-state index contributed by atoms with van der Waals surface area (Å²) in [5.74, 6) is -0.840. The second-order valence-corrected chi connectivity index (χ2v) is 10.7. The number of aliphatic hydroxyl groups is 1. The summed E-state index contributed by atoms with van der Waals surface area (Å²) < 4.78 is 20.8. The number of pyridine rings is 1. The first-order valence-electron chi connectivity index (χ1n) is 12.8. The molecule has 202 valence electrons. The van der Waals surface area contributed by atoms with Gasteiger partial charge in [0.1, 0.15) is 5.82 Å². The van der Waals surface area contributed by atoms with Crippen molar-refractivity contribution in [2.45, 2.75) is 45.1 Å². The third-order valence-corrected chi connectivity index (χ3v) is 7.76. The Balaban J connectivity index is 0.000000417. The smallest absolute Gasteiger partial charge is 0.257 e. The number of ether oxygens (including phenoxy) is 1. The Morgan fingerprint density at radius 3 is 2.39 bits per heavy atom. The maximum atomic E-state index is 15.3. The highest BCUT2D eigenvalue weighted by atomic mass is 35.5. The number of hydrogen-bond donors (Lipinski definition) is 1. The van der Waals surface area contributed by atoms with Crippen molar-refractivity contribution in [2.24, 2.45) is 5.92 Å². The van der Waals surface area contributed by atoms with Gasteiger partial charge in [0, 0.05) is 23.9 Å². The number of benzene rings is 2. The summed E-state index contributed by atoms with van der Waals surface area (Å²) in [5, 5.41) is 12.1. The number of amides is 1. The zero-order valence-electron chi connectivity index (χ0n) is 22.3. The zero-order chi connectivity index (χ0) is 27.4. The lowest BCUT2D eigenvalue weighted by Gasteiger charge is -2.39. The molecule has 8 heteroatoms. The van der Waals surface area contributed by atoms with Crippen LogP contribution in [0.5, 0.6) is 0 Å². The standard InChI is InChI=1S/C24H30FN3O3.C6H5Cl/c1-15-5-6-18(26-13-15)14-28-22(29)19-11-17(12-20(25)21(19)23(28)31-4)24(2,30)16-7-9-27(3)10-8-16;7-6-4-2-1-3-5-6/h5-6,11-13,16,23,30H,7-10,14H2,1-4H3;1-5H. The van der Waals surface area contributed by atoms with E-state index in [1.54, 1.807) is 19.2 Å². The van der Waals surface area contributed by atoms with Crippen LogP contribution in [0.25, 0.3) is 0 Å². The molecule has 3 heterocycles. The van der Waals surface area contributed by atoms with Gasteiger partial charge >= 0.3 is 0 Å². The molecule has 2 aromatic carbocycles. The monoisotopic (exact) mass is 539 g/mol. The average molecular weight is 540 g/mol. The number of fused-ring (bicyclic) bond motifs is 1. The number of aryl methyl sites for hydroxylation is 1. The highest BCUT2D eigenvalue weighted by Crippen LogP contribution is 2.42.